The molecule has 0 aliphatic heterocycles. The molecule has 0 aliphatic rings. The van der Waals surface area contributed by atoms with Crippen LogP contribution in [0.3, 0.4) is 0 Å². The molecule has 0 saturated heterocycles. The van der Waals surface area contributed by atoms with Gasteiger partial charge in [-0.2, -0.15) is 0 Å². The average molecular weight is 250 g/mol. The molecule has 0 aromatic carbocycles. The molecule has 0 saturated carbocycles. The topological polar surface area (TPSA) is 41.3 Å². The predicted molar refractivity (Wildman–Crippen MR) is 55.7 cm³/mol. The first-order chi connectivity index (χ1) is 5.72. The standard InChI is InChI=1S/C7H12BrN3S/c1-11(5-10-9)4-6-2-3-7(8)12-6/h2-3,10H,4-5,9H2,1H3. The third-order valence-electron chi connectivity index (χ3n) is 1.42. The smallest absolute Gasteiger partial charge is 0.0701 e. The van der Waals surface area contributed by atoms with Crippen molar-refractivity contribution in [2.24, 2.45) is 5.84 Å². The van der Waals surface area contributed by atoms with E-state index in [4.69, 9.17) is 5.84 Å². The van der Waals surface area contributed by atoms with Crippen LogP contribution in [0.25, 0.3) is 0 Å². The summed E-state index contributed by atoms with van der Waals surface area (Å²) in [6, 6.07) is 4.17. The van der Waals surface area contributed by atoms with Gasteiger partial charge in [-0.05, 0) is 35.1 Å². The monoisotopic (exact) mass is 249 g/mol. The van der Waals surface area contributed by atoms with Crippen LogP contribution in [0.5, 0.6) is 0 Å². The summed E-state index contributed by atoms with van der Waals surface area (Å²) in [5, 5.41) is 0. The van der Waals surface area contributed by atoms with Gasteiger partial charge in [-0.25, -0.2) is 5.43 Å². The van der Waals surface area contributed by atoms with Crippen LogP contribution in [-0.4, -0.2) is 18.6 Å². The van der Waals surface area contributed by atoms with Crippen LogP contribution < -0.4 is 11.3 Å². The lowest BCUT2D eigenvalue weighted by Gasteiger charge is -2.13. The van der Waals surface area contributed by atoms with Gasteiger partial charge in [0.05, 0.1) is 10.5 Å². The zero-order valence-electron chi connectivity index (χ0n) is 6.88. The zero-order chi connectivity index (χ0) is 8.97. The Kier molecular flexibility index (Phi) is 4.17. The van der Waals surface area contributed by atoms with E-state index in [2.05, 4.69) is 38.4 Å². The second-order valence-electron chi connectivity index (χ2n) is 2.58. The van der Waals surface area contributed by atoms with E-state index >= 15 is 0 Å². The van der Waals surface area contributed by atoms with Gasteiger partial charge in [0, 0.05) is 11.4 Å². The molecular formula is C7H12BrN3S. The Bertz CT molecular complexity index is 238. The molecule has 1 heterocycles. The summed E-state index contributed by atoms with van der Waals surface area (Å²) in [6.45, 7) is 1.63. The SMILES string of the molecule is CN(CNN)Cc1ccc(Br)s1. The second kappa shape index (κ2) is 4.94. The van der Waals surface area contributed by atoms with E-state index in [1.54, 1.807) is 11.3 Å². The summed E-state index contributed by atoms with van der Waals surface area (Å²) in [5.41, 5.74) is 2.61. The van der Waals surface area contributed by atoms with Crippen molar-refractivity contribution in [1.82, 2.24) is 10.3 Å². The lowest BCUT2D eigenvalue weighted by Crippen LogP contribution is -2.34. The Morgan fingerprint density at radius 1 is 1.67 bits per heavy atom. The predicted octanol–water partition coefficient (Wildman–Crippen LogP) is 1.36. The van der Waals surface area contributed by atoms with Gasteiger partial charge in [-0.1, -0.05) is 0 Å². The van der Waals surface area contributed by atoms with Crippen molar-refractivity contribution in [2.45, 2.75) is 6.54 Å². The van der Waals surface area contributed by atoms with Gasteiger partial charge in [-0.3, -0.25) is 10.7 Å². The molecule has 0 radical (unpaired) electrons. The van der Waals surface area contributed by atoms with Crippen LogP contribution in [0.4, 0.5) is 0 Å². The molecule has 68 valence electrons. The van der Waals surface area contributed by atoms with E-state index in [1.165, 1.54) is 8.66 Å². The number of thiophene rings is 1. The summed E-state index contributed by atoms with van der Waals surface area (Å²) in [5.74, 6) is 5.19. The highest BCUT2D eigenvalue weighted by Crippen LogP contribution is 2.22. The highest BCUT2D eigenvalue weighted by atomic mass is 79.9. The number of nitrogens with one attached hydrogen (secondary N) is 1. The molecule has 3 N–H and O–H groups in total. The molecule has 0 bridgehead atoms. The van der Waals surface area contributed by atoms with Gasteiger partial charge in [-0.15, -0.1) is 11.3 Å². The maximum atomic E-state index is 5.19. The van der Waals surface area contributed by atoms with Crippen LogP contribution in [0.15, 0.2) is 15.9 Å². The van der Waals surface area contributed by atoms with Crippen LogP contribution >= 0.6 is 27.3 Å². The van der Waals surface area contributed by atoms with E-state index in [9.17, 15) is 0 Å². The minimum atomic E-state index is 0.704. The van der Waals surface area contributed by atoms with Gasteiger partial charge >= 0.3 is 0 Å². The maximum absolute atomic E-state index is 5.19. The molecule has 0 atom stereocenters. The molecular weight excluding hydrogens is 238 g/mol. The number of nitrogens with zero attached hydrogens (tertiary/aromatic N) is 1. The van der Waals surface area contributed by atoms with Crippen molar-refractivity contribution in [3.05, 3.63) is 20.8 Å². The summed E-state index contributed by atoms with van der Waals surface area (Å²) < 4.78 is 1.17. The Hall–Kier alpha value is 0.0600. The van der Waals surface area contributed by atoms with Crippen molar-refractivity contribution in [3.8, 4) is 0 Å². The van der Waals surface area contributed by atoms with Crippen molar-refractivity contribution in [1.29, 1.82) is 0 Å². The Labute approximate surface area is 84.7 Å². The Balaban J connectivity index is 2.41. The fourth-order valence-electron chi connectivity index (χ4n) is 0.914. The van der Waals surface area contributed by atoms with E-state index in [1.807, 2.05) is 7.05 Å². The first-order valence-corrected chi connectivity index (χ1v) is 5.19. The summed E-state index contributed by atoms with van der Waals surface area (Å²) in [6.07, 6.45) is 0. The van der Waals surface area contributed by atoms with Crippen LogP contribution in [0, 0.1) is 0 Å². The number of hydrazine groups is 1. The number of nitrogens with two attached hydrogens (primary N) is 1. The van der Waals surface area contributed by atoms with E-state index < -0.39 is 0 Å². The lowest BCUT2D eigenvalue weighted by molar-refractivity contribution is 0.304. The third kappa shape index (κ3) is 3.20. The van der Waals surface area contributed by atoms with Crippen LogP contribution in [0.1, 0.15) is 4.88 Å². The van der Waals surface area contributed by atoms with Crippen molar-refractivity contribution >= 4 is 27.3 Å². The van der Waals surface area contributed by atoms with Crippen molar-refractivity contribution in [2.75, 3.05) is 13.7 Å². The molecule has 1 aromatic heterocycles. The quantitative estimate of drug-likeness (QED) is 0.481. The molecule has 1 rings (SSSR count). The molecule has 12 heavy (non-hydrogen) atoms. The number of hydrogen-bond donors (Lipinski definition) is 2. The molecule has 0 aliphatic carbocycles. The van der Waals surface area contributed by atoms with E-state index in [0.717, 1.165) is 6.54 Å². The fraction of sp³-hybridized carbons (Fsp3) is 0.429. The van der Waals surface area contributed by atoms with Gasteiger partial charge in [0.2, 0.25) is 0 Å². The van der Waals surface area contributed by atoms with E-state index in [0.29, 0.717) is 6.67 Å². The average Bonchev–Trinajstić information content (AvgIpc) is 2.36. The summed E-state index contributed by atoms with van der Waals surface area (Å²) >= 11 is 5.17. The fourth-order valence-corrected chi connectivity index (χ4v) is 2.48. The first kappa shape index (κ1) is 10.1. The highest BCUT2D eigenvalue weighted by molar-refractivity contribution is 9.11. The number of rotatable bonds is 4. The molecule has 5 heteroatoms. The van der Waals surface area contributed by atoms with Gasteiger partial charge in [0.1, 0.15) is 0 Å². The Morgan fingerprint density at radius 3 is 2.92 bits per heavy atom. The third-order valence-corrected chi connectivity index (χ3v) is 3.02. The van der Waals surface area contributed by atoms with Crippen LogP contribution in [0.2, 0.25) is 0 Å². The van der Waals surface area contributed by atoms with Gasteiger partial charge in [0.25, 0.3) is 0 Å². The first-order valence-electron chi connectivity index (χ1n) is 3.58. The molecule has 1 aromatic rings. The largest absolute Gasteiger partial charge is 0.288 e. The summed E-state index contributed by atoms with van der Waals surface area (Å²) in [4.78, 5) is 3.44. The molecule has 0 amide bonds. The van der Waals surface area contributed by atoms with Gasteiger partial charge in [0.15, 0.2) is 0 Å². The van der Waals surface area contributed by atoms with Crippen molar-refractivity contribution < 1.29 is 0 Å². The van der Waals surface area contributed by atoms with E-state index in [-0.39, 0.29) is 0 Å². The summed E-state index contributed by atoms with van der Waals surface area (Å²) in [7, 11) is 2.02. The molecule has 0 fully saturated rings. The minimum absolute atomic E-state index is 0.704. The number of hydrogen-bond acceptors (Lipinski definition) is 4. The minimum Gasteiger partial charge on any atom is -0.288 e. The van der Waals surface area contributed by atoms with Crippen molar-refractivity contribution in [3.63, 3.8) is 0 Å². The normalized spacial score (nSPS) is 11.0. The second-order valence-corrected chi connectivity index (χ2v) is 5.13. The Morgan fingerprint density at radius 2 is 2.42 bits per heavy atom. The van der Waals surface area contributed by atoms with Crippen LogP contribution in [-0.2, 0) is 6.54 Å². The number of halogens is 1. The molecule has 0 spiro atoms. The highest BCUT2D eigenvalue weighted by Gasteiger charge is 2.00. The van der Waals surface area contributed by atoms with Gasteiger partial charge < -0.3 is 0 Å². The maximum Gasteiger partial charge on any atom is 0.0701 e. The lowest BCUT2D eigenvalue weighted by atomic mass is 10.4. The molecule has 3 nitrogen and oxygen atoms in total. The molecule has 0 unspecified atom stereocenters. The zero-order valence-corrected chi connectivity index (χ0v) is 9.28.